The minimum absolute atomic E-state index is 0.0196. The Morgan fingerprint density at radius 3 is 2.29 bits per heavy atom. The van der Waals surface area contributed by atoms with Crippen LogP contribution in [-0.4, -0.2) is 24.5 Å². The van der Waals surface area contributed by atoms with E-state index in [2.05, 4.69) is 18.7 Å². The van der Waals surface area contributed by atoms with Gasteiger partial charge in [-0.1, -0.05) is 26.0 Å². The Bertz CT molecular complexity index is 307. The van der Waals surface area contributed by atoms with Crippen molar-refractivity contribution in [3.63, 3.8) is 0 Å². The summed E-state index contributed by atoms with van der Waals surface area (Å²) in [4.78, 5) is 2.39. The Morgan fingerprint density at radius 2 is 1.76 bits per heavy atom. The van der Waals surface area contributed by atoms with E-state index in [4.69, 9.17) is 5.73 Å². The summed E-state index contributed by atoms with van der Waals surface area (Å²) in [5.41, 5.74) is 7.09. The third-order valence-electron chi connectivity index (χ3n) is 3.18. The third-order valence-corrected chi connectivity index (χ3v) is 3.18. The first-order valence-corrected chi connectivity index (χ1v) is 6.40. The van der Waals surface area contributed by atoms with E-state index in [0.717, 1.165) is 38.0 Å². The largest absolute Gasteiger partial charge is 0.324 e. The Balaban J connectivity index is 2.34. The monoisotopic (exact) mass is 238 g/mol. The van der Waals surface area contributed by atoms with E-state index >= 15 is 0 Å². The molecule has 0 aliphatic heterocycles. The maximum absolute atomic E-state index is 12.8. The Kier molecular flexibility index (Phi) is 6.16. The quantitative estimate of drug-likeness (QED) is 0.791. The number of hydrogen-bond donors (Lipinski definition) is 1. The number of benzene rings is 1. The summed E-state index contributed by atoms with van der Waals surface area (Å²) >= 11 is 0. The molecule has 1 atom stereocenters. The summed E-state index contributed by atoms with van der Waals surface area (Å²) in [6, 6.07) is 6.51. The van der Waals surface area contributed by atoms with Crippen molar-refractivity contribution in [1.29, 1.82) is 0 Å². The second-order valence-electron chi connectivity index (χ2n) is 4.33. The van der Waals surface area contributed by atoms with Crippen LogP contribution >= 0.6 is 0 Å². The normalized spacial score (nSPS) is 13.0. The van der Waals surface area contributed by atoms with E-state index in [9.17, 15) is 4.39 Å². The van der Waals surface area contributed by atoms with Gasteiger partial charge in [-0.3, -0.25) is 0 Å². The van der Waals surface area contributed by atoms with Crippen LogP contribution in [0, 0.1) is 5.82 Å². The van der Waals surface area contributed by atoms with Crippen molar-refractivity contribution in [2.75, 3.05) is 19.6 Å². The number of rotatable bonds is 7. The van der Waals surface area contributed by atoms with Crippen LogP contribution in [0.1, 0.15) is 38.3 Å². The fourth-order valence-electron chi connectivity index (χ4n) is 1.95. The molecule has 3 heteroatoms. The molecule has 17 heavy (non-hydrogen) atoms. The van der Waals surface area contributed by atoms with Gasteiger partial charge in [0.25, 0.3) is 0 Å². The van der Waals surface area contributed by atoms with Crippen molar-refractivity contribution in [2.45, 2.75) is 32.7 Å². The number of halogens is 1. The molecule has 0 spiro atoms. The first kappa shape index (κ1) is 14.1. The van der Waals surface area contributed by atoms with E-state index < -0.39 is 0 Å². The van der Waals surface area contributed by atoms with E-state index in [1.807, 2.05) is 0 Å². The fraction of sp³-hybridized carbons (Fsp3) is 0.571. The zero-order valence-corrected chi connectivity index (χ0v) is 10.8. The SMILES string of the molecule is CCN(CC)CCC[C@@H](N)c1ccc(F)cc1. The summed E-state index contributed by atoms with van der Waals surface area (Å²) in [7, 11) is 0. The highest BCUT2D eigenvalue weighted by Gasteiger charge is 2.07. The standard InChI is InChI=1S/C14H23FN2/c1-3-17(4-2)11-5-6-14(16)12-7-9-13(15)10-8-12/h7-10,14H,3-6,11,16H2,1-2H3/t14-/m1/s1. The first-order valence-electron chi connectivity index (χ1n) is 6.40. The predicted molar refractivity (Wildman–Crippen MR) is 70.4 cm³/mol. The molecule has 0 radical (unpaired) electrons. The van der Waals surface area contributed by atoms with Crippen LogP contribution in [0.2, 0.25) is 0 Å². The topological polar surface area (TPSA) is 29.3 Å². The van der Waals surface area contributed by atoms with Gasteiger partial charge in [0.1, 0.15) is 5.82 Å². The van der Waals surface area contributed by atoms with Gasteiger partial charge >= 0.3 is 0 Å². The highest BCUT2D eigenvalue weighted by molar-refractivity contribution is 5.19. The number of nitrogens with two attached hydrogens (primary N) is 1. The van der Waals surface area contributed by atoms with Crippen LogP contribution in [0.15, 0.2) is 24.3 Å². The summed E-state index contributed by atoms with van der Waals surface area (Å²) in [5.74, 6) is -0.205. The minimum atomic E-state index is -0.205. The number of nitrogens with zero attached hydrogens (tertiary/aromatic N) is 1. The maximum Gasteiger partial charge on any atom is 0.123 e. The molecule has 0 bridgehead atoms. The van der Waals surface area contributed by atoms with Gasteiger partial charge in [-0.25, -0.2) is 4.39 Å². The van der Waals surface area contributed by atoms with Gasteiger partial charge in [-0.2, -0.15) is 0 Å². The molecule has 2 N–H and O–H groups in total. The van der Waals surface area contributed by atoms with E-state index in [-0.39, 0.29) is 11.9 Å². The molecule has 0 aromatic heterocycles. The second kappa shape index (κ2) is 7.41. The van der Waals surface area contributed by atoms with Gasteiger partial charge in [0.15, 0.2) is 0 Å². The Labute approximate surface area is 104 Å². The maximum atomic E-state index is 12.8. The molecule has 0 heterocycles. The highest BCUT2D eigenvalue weighted by Crippen LogP contribution is 2.16. The van der Waals surface area contributed by atoms with Crippen LogP contribution < -0.4 is 5.73 Å². The van der Waals surface area contributed by atoms with Crippen LogP contribution in [-0.2, 0) is 0 Å². The predicted octanol–water partition coefficient (Wildman–Crippen LogP) is 2.95. The smallest absolute Gasteiger partial charge is 0.123 e. The van der Waals surface area contributed by atoms with E-state index in [1.54, 1.807) is 12.1 Å². The molecule has 0 fully saturated rings. The van der Waals surface area contributed by atoms with Gasteiger partial charge in [0, 0.05) is 6.04 Å². The van der Waals surface area contributed by atoms with Crippen molar-refractivity contribution < 1.29 is 4.39 Å². The first-order chi connectivity index (χ1) is 8.17. The Hall–Kier alpha value is -0.930. The van der Waals surface area contributed by atoms with Gasteiger partial charge in [0.2, 0.25) is 0 Å². The Morgan fingerprint density at radius 1 is 1.18 bits per heavy atom. The third kappa shape index (κ3) is 4.84. The van der Waals surface area contributed by atoms with Crippen molar-refractivity contribution in [2.24, 2.45) is 5.73 Å². The molecule has 0 aliphatic rings. The summed E-state index contributed by atoms with van der Waals surface area (Å²) in [5, 5.41) is 0. The molecular formula is C14H23FN2. The fourth-order valence-corrected chi connectivity index (χ4v) is 1.95. The summed E-state index contributed by atoms with van der Waals surface area (Å²) < 4.78 is 12.8. The second-order valence-corrected chi connectivity index (χ2v) is 4.33. The molecule has 0 unspecified atom stereocenters. The van der Waals surface area contributed by atoms with Crippen LogP contribution in [0.3, 0.4) is 0 Å². The van der Waals surface area contributed by atoms with Gasteiger partial charge in [0.05, 0.1) is 0 Å². The lowest BCUT2D eigenvalue weighted by molar-refractivity contribution is 0.293. The summed E-state index contributed by atoms with van der Waals surface area (Å²) in [6.07, 6.45) is 2.03. The van der Waals surface area contributed by atoms with Crippen molar-refractivity contribution in [3.05, 3.63) is 35.6 Å². The molecule has 0 saturated heterocycles. The van der Waals surface area contributed by atoms with E-state index in [0.29, 0.717) is 0 Å². The molecular weight excluding hydrogens is 215 g/mol. The molecule has 1 aromatic rings. The van der Waals surface area contributed by atoms with Crippen LogP contribution in [0.4, 0.5) is 4.39 Å². The molecule has 1 rings (SSSR count). The average Bonchev–Trinajstić information content (AvgIpc) is 2.35. The molecule has 2 nitrogen and oxygen atoms in total. The lowest BCUT2D eigenvalue weighted by Gasteiger charge is -2.19. The van der Waals surface area contributed by atoms with Crippen molar-refractivity contribution in [3.8, 4) is 0 Å². The molecule has 1 aromatic carbocycles. The van der Waals surface area contributed by atoms with Gasteiger partial charge < -0.3 is 10.6 Å². The molecule has 96 valence electrons. The summed E-state index contributed by atoms with van der Waals surface area (Å²) in [6.45, 7) is 7.60. The van der Waals surface area contributed by atoms with E-state index in [1.165, 1.54) is 12.1 Å². The van der Waals surface area contributed by atoms with Gasteiger partial charge in [-0.15, -0.1) is 0 Å². The molecule has 0 aliphatic carbocycles. The molecule has 0 amide bonds. The molecule has 0 saturated carbocycles. The average molecular weight is 238 g/mol. The van der Waals surface area contributed by atoms with Crippen LogP contribution in [0.5, 0.6) is 0 Å². The zero-order valence-electron chi connectivity index (χ0n) is 10.8. The van der Waals surface area contributed by atoms with Crippen molar-refractivity contribution >= 4 is 0 Å². The lowest BCUT2D eigenvalue weighted by Crippen LogP contribution is -2.24. The highest BCUT2D eigenvalue weighted by atomic mass is 19.1. The van der Waals surface area contributed by atoms with Crippen LogP contribution in [0.25, 0.3) is 0 Å². The van der Waals surface area contributed by atoms with Gasteiger partial charge in [-0.05, 0) is 50.2 Å². The minimum Gasteiger partial charge on any atom is -0.324 e. The lowest BCUT2D eigenvalue weighted by atomic mass is 10.0. The zero-order chi connectivity index (χ0) is 12.7. The van der Waals surface area contributed by atoms with Crippen molar-refractivity contribution in [1.82, 2.24) is 4.90 Å². The number of hydrogen-bond acceptors (Lipinski definition) is 2.